The number of carbonyl (C=O) groups excluding carboxylic acids is 1. The summed E-state index contributed by atoms with van der Waals surface area (Å²) >= 11 is 0. The topological polar surface area (TPSA) is 73.6 Å². The molecule has 0 bridgehead atoms. The fourth-order valence-electron chi connectivity index (χ4n) is 4.53. The molecule has 0 unspecified atom stereocenters. The number of nitrogens with one attached hydrogen (secondary N) is 3. The lowest BCUT2D eigenvalue weighted by Crippen LogP contribution is -2.31. The zero-order valence-corrected chi connectivity index (χ0v) is 17.7. The molecule has 3 aromatic heterocycles. The SMILES string of the molecule is Cc1cc(-c2ccc3cc[nH]c3c2)cc(-c2cc(-c3cc4c([nH]3)CCNC4=O)ccn2)c1. The molecule has 2 aromatic carbocycles. The minimum absolute atomic E-state index is 0.00890. The molecule has 4 heterocycles. The first kappa shape index (κ1) is 18.6. The van der Waals surface area contributed by atoms with Gasteiger partial charge in [-0.05, 0) is 71.5 Å². The van der Waals surface area contributed by atoms with Gasteiger partial charge in [-0.3, -0.25) is 9.78 Å². The zero-order chi connectivity index (χ0) is 21.7. The summed E-state index contributed by atoms with van der Waals surface area (Å²) < 4.78 is 0. The molecule has 5 aromatic rings. The van der Waals surface area contributed by atoms with Crippen molar-refractivity contribution < 1.29 is 4.79 Å². The van der Waals surface area contributed by atoms with Gasteiger partial charge in [0.25, 0.3) is 5.91 Å². The van der Waals surface area contributed by atoms with Crippen LogP contribution in [0.4, 0.5) is 0 Å². The molecule has 0 spiro atoms. The van der Waals surface area contributed by atoms with Crippen LogP contribution in [0.3, 0.4) is 0 Å². The first-order chi connectivity index (χ1) is 15.6. The number of benzene rings is 2. The Morgan fingerprint density at radius 2 is 1.78 bits per heavy atom. The molecular formula is C27H22N4O. The van der Waals surface area contributed by atoms with E-state index in [1.54, 1.807) is 0 Å². The van der Waals surface area contributed by atoms with Crippen molar-refractivity contribution in [1.29, 1.82) is 0 Å². The molecule has 0 fully saturated rings. The maximum Gasteiger partial charge on any atom is 0.253 e. The summed E-state index contributed by atoms with van der Waals surface area (Å²) in [4.78, 5) is 23.5. The molecule has 0 saturated heterocycles. The molecule has 0 saturated carbocycles. The normalized spacial score (nSPS) is 13.2. The molecule has 0 radical (unpaired) electrons. The summed E-state index contributed by atoms with van der Waals surface area (Å²) in [6, 6.07) is 21.1. The van der Waals surface area contributed by atoms with Crippen molar-refractivity contribution in [2.45, 2.75) is 13.3 Å². The lowest BCUT2D eigenvalue weighted by Gasteiger charge is -2.11. The summed E-state index contributed by atoms with van der Waals surface area (Å²) in [5.41, 5.74) is 10.3. The second kappa shape index (κ2) is 7.24. The number of aryl methyl sites for hydroxylation is 1. The van der Waals surface area contributed by atoms with E-state index in [1.807, 2.05) is 24.5 Å². The largest absolute Gasteiger partial charge is 0.361 e. The average Bonchev–Trinajstić information content (AvgIpc) is 3.46. The molecule has 1 aliphatic rings. The molecule has 0 atom stereocenters. The van der Waals surface area contributed by atoms with Gasteiger partial charge < -0.3 is 15.3 Å². The second-order valence-corrected chi connectivity index (χ2v) is 8.38. The van der Waals surface area contributed by atoms with Gasteiger partial charge in [-0.1, -0.05) is 18.2 Å². The smallest absolute Gasteiger partial charge is 0.253 e. The Hall–Kier alpha value is -4.12. The van der Waals surface area contributed by atoms with Gasteiger partial charge in [0.2, 0.25) is 0 Å². The predicted octanol–water partition coefficient (Wildman–Crippen LogP) is 5.49. The van der Waals surface area contributed by atoms with Crippen LogP contribution in [0.1, 0.15) is 21.6 Å². The highest BCUT2D eigenvalue weighted by atomic mass is 16.1. The van der Waals surface area contributed by atoms with Crippen molar-refractivity contribution >= 4 is 16.8 Å². The molecule has 5 heteroatoms. The van der Waals surface area contributed by atoms with E-state index >= 15 is 0 Å². The van der Waals surface area contributed by atoms with E-state index in [0.717, 1.165) is 51.3 Å². The number of H-pyrrole nitrogens is 2. The van der Waals surface area contributed by atoms with Gasteiger partial charge >= 0.3 is 0 Å². The quantitative estimate of drug-likeness (QED) is 0.363. The van der Waals surface area contributed by atoms with Crippen molar-refractivity contribution in [3.63, 3.8) is 0 Å². The second-order valence-electron chi connectivity index (χ2n) is 8.38. The van der Waals surface area contributed by atoms with Crippen LogP contribution in [0.5, 0.6) is 0 Å². The highest BCUT2D eigenvalue weighted by Crippen LogP contribution is 2.31. The maximum atomic E-state index is 12.1. The summed E-state index contributed by atoms with van der Waals surface area (Å²) in [6.45, 7) is 2.79. The average molecular weight is 419 g/mol. The number of carbonyl (C=O) groups is 1. The van der Waals surface area contributed by atoms with Crippen LogP contribution in [0.25, 0.3) is 44.5 Å². The van der Waals surface area contributed by atoms with E-state index in [-0.39, 0.29) is 5.91 Å². The zero-order valence-electron chi connectivity index (χ0n) is 17.7. The first-order valence-corrected chi connectivity index (χ1v) is 10.8. The van der Waals surface area contributed by atoms with E-state index in [4.69, 9.17) is 0 Å². The van der Waals surface area contributed by atoms with Gasteiger partial charge in [0, 0.05) is 53.4 Å². The van der Waals surface area contributed by atoms with Crippen LogP contribution < -0.4 is 5.32 Å². The van der Waals surface area contributed by atoms with Crippen LogP contribution in [-0.2, 0) is 6.42 Å². The summed E-state index contributed by atoms with van der Waals surface area (Å²) in [7, 11) is 0. The highest BCUT2D eigenvalue weighted by molar-refractivity contribution is 5.98. The van der Waals surface area contributed by atoms with Gasteiger partial charge in [0.1, 0.15) is 0 Å². The van der Waals surface area contributed by atoms with Gasteiger partial charge in [0.05, 0.1) is 11.3 Å². The summed E-state index contributed by atoms with van der Waals surface area (Å²) in [6.07, 6.45) is 4.62. The minimum Gasteiger partial charge on any atom is -0.361 e. The Labute approximate surface area is 185 Å². The highest BCUT2D eigenvalue weighted by Gasteiger charge is 2.20. The number of nitrogens with zero attached hydrogens (tertiary/aromatic N) is 1. The molecule has 1 aliphatic heterocycles. The lowest BCUT2D eigenvalue weighted by molar-refractivity contribution is 0.0946. The third-order valence-electron chi connectivity index (χ3n) is 6.14. The van der Waals surface area contributed by atoms with Crippen molar-refractivity contribution in [2.75, 3.05) is 6.54 Å². The molecule has 6 rings (SSSR count). The Morgan fingerprint density at radius 3 is 2.69 bits per heavy atom. The lowest BCUT2D eigenvalue weighted by atomic mass is 9.97. The fourth-order valence-corrected chi connectivity index (χ4v) is 4.53. The molecule has 3 N–H and O–H groups in total. The predicted molar refractivity (Wildman–Crippen MR) is 128 cm³/mol. The Balaban J connectivity index is 1.41. The van der Waals surface area contributed by atoms with E-state index in [9.17, 15) is 4.79 Å². The molecule has 5 nitrogen and oxygen atoms in total. The summed E-state index contributed by atoms with van der Waals surface area (Å²) in [5, 5.41) is 4.11. The van der Waals surface area contributed by atoms with E-state index in [0.29, 0.717) is 6.54 Å². The third-order valence-corrected chi connectivity index (χ3v) is 6.14. The Kier molecular flexibility index (Phi) is 4.21. The van der Waals surface area contributed by atoms with Gasteiger partial charge in [-0.25, -0.2) is 0 Å². The van der Waals surface area contributed by atoms with Crippen LogP contribution in [0, 0.1) is 6.92 Å². The number of hydrogen-bond donors (Lipinski definition) is 3. The number of rotatable bonds is 3. The number of aromatic amines is 2. The standard InChI is InChI=1S/C27H22N4O/c1-16-10-20(18-3-2-17-4-7-28-24(17)13-18)12-21(11-16)25-14-19(5-8-29-25)26-15-22-23(31-26)6-9-30-27(22)32/h2-5,7-8,10-15,28,31H,6,9H2,1H3,(H,30,32). The Morgan fingerprint density at radius 1 is 0.875 bits per heavy atom. The molecule has 0 aliphatic carbocycles. The number of amides is 1. The number of hydrogen-bond acceptors (Lipinski definition) is 2. The number of fused-ring (bicyclic) bond motifs is 2. The molecular weight excluding hydrogens is 396 g/mol. The Bertz CT molecular complexity index is 1490. The van der Waals surface area contributed by atoms with Gasteiger partial charge in [-0.2, -0.15) is 0 Å². The van der Waals surface area contributed by atoms with Crippen LogP contribution in [0.2, 0.25) is 0 Å². The molecule has 156 valence electrons. The fraction of sp³-hybridized carbons (Fsp3) is 0.111. The first-order valence-electron chi connectivity index (χ1n) is 10.8. The number of aromatic nitrogens is 3. The molecule has 1 amide bonds. The van der Waals surface area contributed by atoms with Crippen molar-refractivity contribution in [2.24, 2.45) is 0 Å². The number of pyridine rings is 1. The van der Waals surface area contributed by atoms with Gasteiger partial charge in [-0.15, -0.1) is 0 Å². The van der Waals surface area contributed by atoms with Crippen molar-refractivity contribution in [3.8, 4) is 33.6 Å². The van der Waals surface area contributed by atoms with Gasteiger partial charge in [0.15, 0.2) is 0 Å². The summed E-state index contributed by atoms with van der Waals surface area (Å²) in [5.74, 6) is -0.00890. The van der Waals surface area contributed by atoms with E-state index in [1.165, 1.54) is 16.5 Å². The van der Waals surface area contributed by atoms with Crippen molar-refractivity contribution in [3.05, 3.63) is 89.9 Å². The minimum atomic E-state index is -0.00890. The third kappa shape index (κ3) is 3.19. The van der Waals surface area contributed by atoms with Crippen LogP contribution in [-0.4, -0.2) is 27.4 Å². The van der Waals surface area contributed by atoms with Crippen LogP contribution in [0.15, 0.2) is 73.1 Å². The monoisotopic (exact) mass is 418 g/mol. The van der Waals surface area contributed by atoms with Crippen molar-refractivity contribution in [1.82, 2.24) is 20.3 Å². The molecule has 32 heavy (non-hydrogen) atoms. The van der Waals surface area contributed by atoms with E-state index in [2.05, 4.69) is 75.7 Å². The van der Waals surface area contributed by atoms with Crippen LogP contribution >= 0.6 is 0 Å². The van der Waals surface area contributed by atoms with E-state index < -0.39 is 0 Å². The maximum absolute atomic E-state index is 12.1.